The molecule has 162 valence electrons. The Hall–Kier alpha value is -3.44. The number of carbonyl (C=O) groups excluding carboxylic acids is 1. The molecule has 1 aliphatic carbocycles. The van der Waals surface area contributed by atoms with Gasteiger partial charge >= 0.3 is 0 Å². The Morgan fingerprint density at radius 1 is 1.35 bits per heavy atom. The van der Waals surface area contributed by atoms with Gasteiger partial charge < -0.3 is 30.5 Å². The lowest BCUT2D eigenvalue weighted by atomic mass is 10.2. The number of hydrogen-bond acceptors (Lipinski definition) is 9. The Balaban J connectivity index is 1.46. The summed E-state index contributed by atoms with van der Waals surface area (Å²) in [6, 6.07) is 4.99. The van der Waals surface area contributed by atoms with Crippen LogP contribution in [0.3, 0.4) is 0 Å². The van der Waals surface area contributed by atoms with Crippen molar-refractivity contribution in [1.29, 1.82) is 0 Å². The molecule has 1 amide bonds. The monoisotopic (exact) mass is 425 g/mol. The first-order valence-corrected chi connectivity index (χ1v) is 10.1. The summed E-state index contributed by atoms with van der Waals surface area (Å²) in [5.41, 5.74) is 1.35. The van der Waals surface area contributed by atoms with E-state index >= 15 is 0 Å². The Labute approximate surface area is 177 Å². The van der Waals surface area contributed by atoms with Crippen LogP contribution in [0.5, 0.6) is 5.88 Å². The number of carbonyl (C=O) groups is 1. The van der Waals surface area contributed by atoms with Gasteiger partial charge in [-0.15, -0.1) is 0 Å². The third kappa shape index (κ3) is 3.97. The van der Waals surface area contributed by atoms with Gasteiger partial charge in [0.05, 0.1) is 31.6 Å². The summed E-state index contributed by atoms with van der Waals surface area (Å²) in [7, 11) is 1.76. The zero-order valence-electron chi connectivity index (χ0n) is 16.9. The number of nitrogens with zero attached hydrogens (tertiary/aromatic N) is 4. The molecule has 11 nitrogen and oxygen atoms in total. The Kier molecular flexibility index (Phi) is 5.04. The number of ether oxygens (including phenoxy) is 2. The van der Waals surface area contributed by atoms with E-state index in [1.165, 1.54) is 6.20 Å². The minimum absolute atomic E-state index is 0.201. The predicted octanol–water partition coefficient (Wildman–Crippen LogP) is 0.940. The van der Waals surface area contributed by atoms with E-state index in [1.54, 1.807) is 23.8 Å². The van der Waals surface area contributed by atoms with Crippen LogP contribution >= 0.6 is 0 Å². The zero-order chi connectivity index (χ0) is 21.4. The van der Waals surface area contributed by atoms with Gasteiger partial charge in [-0.2, -0.15) is 9.61 Å². The normalized spacial score (nSPS) is 20.6. The second-order valence-corrected chi connectivity index (χ2v) is 7.55. The second-order valence-electron chi connectivity index (χ2n) is 7.55. The molecule has 2 aliphatic rings. The van der Waals surface area contributed by atoms with E-state index < -0.39 is 12.1 Å². The summed E-state index contributed by atoms with van der Waals surface area (Å²) in [5, 5.41) is 23.3. The van der Waals surface area contributed by atoms with Crippen LogP contribution in [0.15, 0.2) is 30.6 Å². The molecular weight excluding hydrogens is 402 g/mol. The van der Waals surface area contributed by atoms with Crippen molar-refractivity contribution in [1.82, 2.24) is 24.9 Å². The van der Waals surface area contributed by atoms with Gasteiger partial charge in [-0.05, 0) is 25.0 Å². The lowest BCUT2D eigenvalue weighted by Gasteiger charge is -2.14. The summed E-state index contributed by atoms with van der Waals surface area (Å²) in [6.07, 6.45) is 4.66. The number of amides is 1. The summed E-state index contributed by atoms with van der Waals surface area (Å²) in [5.74, 6) is 1.28. The largest absolute Gasteiger partial charge is 0.473 e. The first kappa shape index (κ1) is 19.5. The molecule has 2 fully saturated rings. The Morgan fingerprint density at radius 3 is 2.97 bits per heavy atom. The highest BCUT2D eigenvalue weighted by Crippen LogP contribution is 2.32. The smallest absolute Gasteiger partial charge is 0.257 e. The van der Waals surface area contributed by atoms with Crippen molar-refractivity contribution in [2.75, 3.05) is 30.9 Å². The molecular formula is C20H23N7O4. The number of aliphatic hydroxyl groups is 1. The Morgan fingerprint density at radius 2 is 2.23 bits per heavy atom. The van der Waals surface area contributed by atoms with Crippen molar-refractivity contribution < 1.29 is 19.4 Å². The average Bonchev–Trinajstić information content (AvgIpc) is 3.34. The van der Waals surface area contributed by atoms with Crippen LogP contribution in [0.2, 0.25) is 0 Å². The van der Waals surface area contributed by atoms with E-state index in [2.05, 4.69) is 31.0 Å². The number of pyridine rings is 1. The number of nitrogens with one attached hydrogen (secondary N) is 3. The molecule has 4 heterocycles. The van der Waals surface area contributed by atoms with Crippen LogP contribution < -0.4 is 20.7 Å². The van der Waals surface area contributed by atoms with Crippen LogP contribution in [0.1, 0.15) is 23.2 Å². The SMILES string of the molecule is CNc1cc(Nc2cccnc2OC2CC2)nc2c(C(=O)NC3COC[C@H]3O)cnn12. The maximum Gasteiger partial charge on any atom is 0.257 e. The van der Waals surface area contributed by atoms with Gasteiger partial charge in [0, 0.05) is 19.3 Å². The summed E-state index contributed by atoms with van der Waals surface area (Å²) in [4.78, 5) is 21.7. The second kappa shape index (κ2) is 8.00. The molecule has 4 N–H and O–H groups in total. The third-order valence-electron chi connectivity index (χ3n) is 5.18. The van der Waals surface area contributed by atoms with Gasteiger partial charge in [-0.3, -0.25) is 4.79 Å². The molecule has 31 heavy (non-hydrogen) atoms. The molecule has 0 bridgehead atoms. The fraction of sp³-hybridized carbons (Fsp3) is 0.400. The molecule has 0 aromatic carbocycles. The maximum atomic E-state index is 12.8. The van der Waals surface area contributed by atoms with Gasteiger partial charge in [-0.25, -0.2) is 9.97 Å². The van der Waals surface area contributed by atoms with Crippen LogP contribution in [0.4, 0.5) is 17.3 Å². The van der Waals surface area contributed by atoms with E-state index in [4.69, 9.17) is 9.47 Å². The van der Waals surface area contributed by atoms with Crippen LogP contribution in [0, 0.1) is 0 Å². The number of anilines is 3. The average molecular weight is 425 g/mol. The van der Waals surface area contributed by atoms with Crippen molar-refractivity contribution in [2.24, 2.45) is 0 Å². The van der Waals surface area contributed by atoms with Gasteiger partial charge in [0.1, 0.15) is 29.0 Å². The minimum Gasteiger partial charge on any atom is -0.473 e. The lowest BCUT2D eigenvalue weighted by Crippen LogP contribution is -2.42. The van der Waals surface area contributed by atoms with Gasteiger partial charge in [0.15, 0.2) is 5.65 Å². The molecule has 0 radical (unpaired) electrons. The standard InChI is InChI=1S/C20H23N7O4/c1-21-17-7-16(24-13-3-2-6-22-20(13)31-11-4-5-11)26-18-12(8-23-27(17)18)19(29)25-14-9-30-10-15(14)28/h2-3,6-8,11,14-15,21,28H,4-5,9-10H2,1H3,(H,24,26)(H,25,29)/t14?,15-/m1/s1. The number of hydrogen-bond donors (Lipinski definition) is 4. The highest BCUT2D eigenvalue weighted by Gasteiger charge is 2.29. The first-order valence-electron chi connectivity index (χ1n) is 10.1. The summed E-state index contributed by atoms with van der Waals surface area (Å²) >= 11 is 0. The van der Waals surface area contributed by atoms with Crippen LogP contribution in [-0.2, 0) is 4.74 Å². The molecule has 1 aliphatic heterocycles. The van der Waals surface area contributed by atoms with E-state index in [0.717, 1.165) is 12.8 Å². The molecule has 0 spiro atoms. The maximum absolute atomic E-state index is 12.8. The fourth-order valence-corrected chi connectivity index (χ4v) is 3.35. The lowest BCUT2D eigenvalue weighted by molar-refractivity contribution is 0.0888. The van der Waals surface area contributed by atoms with Crippen LogP contribution in [-0.4, -0.2) is 69.1 Å². The van der Waals surface area contributed by atoms with E-state index in [1.807, 2.05) is 12.1 Å². The predicted molar refractivity (Wildman–Crippen MR) is 112 cm³/mol. The molecule has 1 unspecified atom stereocenters. The van der Waals surface area contributed by atoms with Gasteiger partial charge in [0.2, 0.25) is 5.88 Å². The highest BCUT2D eigenvalue weighted by molar-refractivity contribution is 6.00. The molecule has 11 heteroatoms. The quantitative estimate of drug-likeness (QED) is 0.436. The van der Waals surface area contributed by atoms with E-state index in [0.29, 0.717) is 34.4 Å². The van der Waals surface area contributed by atoms with Crippen molar-refractivity contribution in [3.63, 3.8) is 0 Å². The zero-order valence-corrected chi connectivity index (χ0v) is 16.9. The Bertz CT molecular complexity index is 1110. The van der Waals surface area contributed by atoms with Crippen LogP contribution in [0.25, 0.3) is 5.65 Å². The summed E-state index contributed by atoms with van der Waals surface area (Å²) < 4.78 is 12.6. The van der Waals surface area contributed by atoms with Crippen molar-refractivity contribution in [2.45, 2.75) is 31.1 Å². The molecule has 2 atom stereocenters. The molecule has 1 saturated carbocycles. The number of aliphatic hydroxyl groups excluding tert-OH is 1. The van der Waals surface area contributed by atoms with Crippen molar-refractivity contribution in [3.8, 4) is 5.88 Å². The van der Waals surface area contributed by atoms with Gasteiger partial charge in [-0.1, -0.05) is 0 Å². The molecule has 3 aromatic heterocycles. The number of fused-ring (bicyclic) bond motifs is 1. The van der Waals surface area contributed by atoms with Gasteiger partial charge in [0.25, 0.3) is 5.91 Å². The molecule has 5 rings (SSSR count). The van der Waals surface area contributed by atoms with E-state index in [9.17, 15) is 9.90 Å². The highest BCUT2D eigenvalue weighted by atomic mass is 16.5. The molecule has 3 aromatic rings. The number of rotatable bonds is 7. The topological polar surface area (TPSA) is 135 Å². The van der Waals surface area contributed by atoms with Crippen molar-refractivity contribution in [3.05, 3.63) is 36.2 Å². The molecule has 1 saturated heterocycles. The van der Waals surface area contributed by atoms with Crippen molar-refractivity contribution >= 4 is 28.9 Å². The first-order chi connectivity index (χ1) is 15.1. The third-order valence-corrected chi connectivity index (χ3v) is 5.18. The summed E-state index contributed by atoms with van der Waals surface area (Å²) in [6.45, 7) is 0.463. The minimum atomic E-state index is -0.737. The van der Waals surface area contributed by atoms with E-state index in [-0.39, 0.29) is 25.2 Å². The number of aromatic nitrogens is 4. The fourth-order valence-electron chi connectivity index (χ4n) is 3.35.